The van der Waals surface area contributed by atoms with Crippen molar-refractivity contribution in [1.82, 2.24) is 24.9 Å². The lowest BCUT2D eigenvalue weighted by atomic mass is 9.97. The molecule has 10 rings (SSSR count). The Morgan fingerprint density at radius 2 is 0.867 bits per heavy atom. The Bertz CT molecular complexity index is 4510. The number of halogens is 8. The number of hydrogen-bond donors (Lipinski definition) is 4. The van der Waals surface area contributed by atoms with E-state index >= 15 is 0 Å². The maximum Gasteiger partial charge on any atom is 0.534 e. The summed E-state index contributed by atoms with van der Waals surface area (Å²) in [5, 5.41) is 43.5. The molecule has 14 nitrogen and oxygen atoms in total. The summed E-state index contributed by atoms with van der Waals surface area (Å²) in [7, 11) is -5.72. The van der Waals surface area contributed by atoms with Gasteiger partial charge in [0, 0.05) is 79.9 Å². The molecule has 0 aliphatic rings. The van der Waals surface area contributed by atoms with E-state index in [4.69, 9.17) is 9.84 Å². The zero-order valence-electron chi connectivity index (χ0n) is 51.5. The molecule has 0 unspecified atom stereocenters. The van der Waals surface area contributed by atoms with Crippen molar-refractivity contribution < 1.29 is 55.7 Å². The summed E-state index contributed by atoms with van der Waals surface area (Å²) in [6, 6.07) is 28.4. The van der Waals surface area contributed by atoms with Crippen LogP contribution in [0.5, 0.6) is 11.5 Å². The van der Waals surface area contributed by atoms with Crippen LogP contribution in [0, 0.1) is 74.7 Å². The molecule has 0 aliphatic heterocycles. The molecule has 23 heteroatoms. The number of esters is 1. The largest absolute Gasteiger partial charge is 0.534 e. The van der Waals surface area contributed by atoms with Crippen LogP contribution in [-0.2, 0) is 19.6 Å². The quantitative estimate of drug-likeness (QED) is 0.0633. The predicted octanol–water partition coefficient (Wildman–Crippen LogP) is 18.3. The summed E-state index contributed by atoms with van der Waals surface area (Å²) < 4.78 is 72.5. The number of phenolic OH excluding ortho intramolecular Hbond substituents is 1. The Kier molecular flexibility index (Phi) is 24.5. The van der Waals surface area contributed by atoms with Gasteiger partial charge >= 0.3 is 21.6 Å². The van der Waals surface area contributed by atoms with E-state index in [-0.39, 0.29) is 29.2 Å². The fourth-order valence-corrected chi connectivity index (χ4v) is 13.8. The van der Waals surface area contributed by atoms with Crippen LogP contribution < -0.4 is 4.18 Å². The second kappa shape index (κ2) is 30.2. The topological polar surface area (TPSA) is 215 Å². The van der Waals surface area contributed by atoms with Crippen LogP contribution in [0.3, 0.4) is 0 Å². The number of aromatic hydroxyl groups is 1. The molecule has 476 valence electrons. The zero-order chi connectivity index (χ0) is 67.2. The number of rotatable bonds is 8. The highest BCUT2D eigenvalue weighted by atomic mass is 79.9. The van der Waals surface area contributed by atoms with Gasteiger partial charge in [-0.25, -0.2) is 0 Å². The molecule has 0 spiro atoms. The Hall–Kier alpha value is -6.02. The number of aliphatic hydroxyl groups excluding tert-OH is 3. The molecule has 0 saturated heterocycles. The monoisotopic (exact) mass is 1570 g/mol. The molecule has 5 aromatic heterocycles. The summed E-state index contributed by atoms with van der Waals surface area (Å²) in [6.07, 6.45) is 0.120. The van der Waals surface area contributed by atoms with Gasteiger partial charge in [0.25, 0.3) is 0 Å². The minimum Gasteiger partial charge on any atom is -0.506 e. The van der Waals surface area contributed by atoms with Crippen molar-refractivity contribution in [2.75, 3.05) is 13.2 Å². The van der Waals surface area contributed by atoms with E-state index in [0.29, 0.717) is 16.7 Å². The molecular weight excluding hydrogens is 1510 g/mol. The number of carbonyl (C=O) groups excluding carboxylic acids is 1. The van der Waals surface area contributed by atoms with E-state index in [1.807, 2.05) is 115 Å². The number of fused-ring (bicyclic) bond motifs is 5. The van der Waals surface area contributed by atoms with Crippen LogP contribution in [0.4, 0.5) is 13.2 Å². The standard InChI is InChI=1S/C18H22BrNO3.C13H14BrNO2.C13H12BrN.C12H9BrF3NO3S.C11H10BrNO/c1-10-8-13-12(7-6-11(2)20-13)16(19)15(10)14(21)9-23-17(22)18(3,4)5;1-7-5-10-9(4-3-8(2)15-10)13(14)12(7)11(17)6-16;1-4-10-8(2)7-12-11(13(10)14)6-5-9(3)15-12;1-6-5-9-8(4-3-7(2)17-9)10(13)11(6)20-21(18,19)12(14,15)16;1-6-5-9-8(10(12)11(6)14)4-3-7(2)13-9/h6-8,14,21H,9H2,1-5H3;3-5,11,16-17H,6H2,1-2H3;4-7H,1H2,2-3H3;3-5H,1-2H3;3-5,14H,1-2H3/t14-;11-;;;/m11.../s1. The number of carbonyl (C=O) groups is 1. The molecule has 90 heavy (non-hydrogen) atoms. The van der Waals surface area contributed by atoms with Crippen molar-refractivity contribution >= 4 is 156 Å². The lowest BCUT2D eigenvalue weighted by Crippen LogP contribution is -2.28. The molecule has 5 heterocycles. The molecule has 2 atom stereocenters. The molecule has 10 aromatic rings. The summed E-state index contributed by atoms with van der Waals surface area (Å²) in [5.41, 5.74) is 9.49. The Balaban J connectivity index is 0.000000181. The van der Waals surface area contributed by atoms with Gasteiger partial charge in [0.2, 0.25) is 0 Å². The van der Waals surface area contributed by atoms with E-state index in [1.165, 1.54) is 18.6 Å². The number of benzene rings is 5. The number of nitrogens with zero attached hydrogens (tertiary/aromatic N) is 5. The van der Waals surface area contributed by atoms with E-state index in [2.05, 4.69) is 134 Å². The van der Waals surface area contributed by atoms with Crippen molar-refractivity contribution in [3.8, 4) is 11.5 Å². The summed E-state index contributed by atoms with van der Waals surface area (Å²) in [5.74, 6) is -0.433. The van der Waals surface area contributed by atoms with Crippen LogP contribution in [0.1, 0.15) is 106 Å². The predicted molar refractivity (Wildman–Crippen MR) is 369 cm³/mol. The first-order valence-electron chi connectivity index (χ1n) is 27.7. The number of hydrogen-bond acceptors (Lipinski definition) is 14. The third-order valence-electron chi connectivity index (χ3n) is 13.9. The molecule has 5 aromatic carbocycles. The second-order valence-corrected chi connectivity index (χ2v) is 27.8. The van der Waals surface area contributed by atoms with E-state index < -0.39 is 39.0 Å². The fourth-order valence-electron chi connectivity index (χ4n) is 9.18. The molecule has 0 amide bonds. The van der Waals surface area contributed by atoms with Crippen molar-refractivity contribution in [3.05, 3.63) is 193 Å². The van der Waals surface area contributed by atoms with Gasteiger partial charge in [0.1, 0.15) is 24.6 Å². The number of aromatic nitrogens is 5. The molecule has 0 fully saturated rings. The van der Waals surface area contributed by atoms with E-state index in [9.17, 15) is 41.7 Å². The maximum atomic E-state index is 12.4. The van der Waals surface area contributed by atoms with Gasteiger partial charge in [-0.3, -0.25) is 29.7 Å². The molecule has 0 saturated carbocycles. The highest BCUT2D eigenvalue weighted by Gasteiger charge is 2.49. The number of pyridine rings is 5. The first-order chi connectivity index (χ1) is 41.9. The number of aryl methyl sites for hydroxylation is 10. The van der Waals surface area contributed by atoms with E-state index in [0.717, 1.165) is 123 Å². The van der Waals surface area contributed by atoms with Crippen molar-refractivity contribution in [1.29, 1.82) is 0 Å². The van der Waals surface area contributed by atoms with Gasteiger partial charge in [-0.15, -0.1) is 0 Å². The number of aliphatic hydroxyl groups is 3. The van der Waals surface area contributed by atoms with Gasteiger partial charge in [-0.1, -0.05) is 12.7 Å². The second-order valence-electron chi connectivity index (χ2n) is 22.3. The van der Waals surface area contributed by atoms with E-state index in [1.54, 1.807) is 39.8 Å². The lowest BCUT2D eigenvalue weighted by molar-refractivity contribution is -0.156. The van der Waals surface area contributed by atoms with Crippen LogP contribution in [-0.4, -0.2) is 78.5 Å². The average molecular weight is 1570 g/mol. The molecular formula is C67H67Br5F3N5O9S. The highest BCUT2D eigenvalue weighted by molar-refractivity contribution is 9.11. The molecule has 0 aliphatic carbocycles. The van der Waals surface area contributed by atoms with Crippen molar-refractivity contribution in [3.63, 3.8) is 0 Å². The number of phenols is 1. The summed E-state index contributed by atoms with van der Waals surface area (Å²) in [6.45, 7) is 27.6. The van der Waals surface area contributed by atoms with Gasteiger partial charge in [0.05, 0.1) is 48.6 Å². The van der Waals surface area contributed by atoms with Gasteiger partial charge in [0.15, 0.2) is 5.75 Å². The lowest BCUT2D eigenvalue weighted by Gasteiger charge is -2.21. The number of ether oxygens (including phenoxy) is 1. The minimum atomic E-state index is -5.72. The zero-order valence-corrected chi connectivity index (χ0v) is 60.3. The van der Waals surface area contributed by atoms with Crippen molar-refractivity contribution in [2.24, 2.45) is 5.41 Å². The highest BCUT2D eigenvalue weighted by Crippen LogP contribution is 2.41. The molecule has 0 radical (unpaired) electrons. The normalized spacial score (nSPS) is 12.2. The average Bonchev–Trinajstić information content (AvgIpc) is 0.829. The molecule has 4 N–H and O–H groups in total. The number of alkyl halides is 3. The summed E-state index contributed by atoms with van der Waals surface area (Å²) in [4.78, 5) is 34.0. The first kappa shape index (κ1) is 73.0. The fraction of sp³-hybridized carbons (Fsp3) is 0.284. The summed E-state index contributed by atoms with van der Waals surface area (Å²) >= 11 is 17.1. The Morgan fingerprint density at radius 3 is 1.23 bits per heavy atom. The Morgan fingerprint density at radius 1 is 0.533 bits per heavy atom. The van der Waals surface area contributed by atoms with Crippen LogP contribution in [0.25, 0.3) is 60.6 Å². The SMILES string of the molecule is C=Cc1c(C)cc2nc(C)ccc2c1Br.Cc1ccc2c(Br)c(O)c(C)cc2n1.Cc1ccc2c(Br)c(OS(=O)(=O)C(F)(F)F)c(C)cc2n1.Cc1ccc2c(Br)c([C@H](O)CO)c(C)cc2n1.Cc1ccc2c(Br)c([C@H](O)COC(=O)C(C)(C)C)c(C)cc2n1. The minimum absolute atomic E-state index is 0.0691. The Labute approximate surface area is 563 Å². The maximum absolute atomic E-state index is 12.4. The van der Waals surface area contributed by atoms with Crippen molar-refractivity contribution in [2.45, 2.75) is 108 Å². The first-order valence-corrected chi connectivity index (χ1v) is 33.1. The van der Waals surface area contributed by atoms with Crippen LogP contribution >= 0.6 is 79.6 Å². The third kappa shape index (κ3) is 17.4. The van der Waals surface area contributed by atoms with Crippen LogP contribution in [0.2, 0.25) is 0 Å². The third-order valence-corrected chi connectivity index (χ3v) is 19.0. The van der Waals surface area contributed by atoms with Gasteiger partial charge < -0.3 is 29.3 Å². The van der Waals surface area contributed by atoms with Crippen LogP contribution in [0.15, 0.2) is 120 Å². The van der Waals surface area contributed by atoms with Gasteiger partial charge in [-0.05, 0) is 294 Å². The molecule has 0 bridgehead atoms. The smallest absolute Gasteiger partial charge is 0.506 e. The van der Waals surface area contributed by atoms with Gasteiger partial charge in [-0.2, -0.15) is 21.6 Å².